The first kappa shape index (κ1) is 15.6. The molecule has 0 spiro atoms. The van der Waals surface area contributed by atoms with E-state index in [0.717, 1.165) is 12.8 Å². The van der Waals surface area contributed by atoms with E-state index in [9.17, 15) is 4.79 Å². The van der Waals surface area contributed by atoms with Gasteiger partial charge in [0.15, 0.2) is 0 Å². The number of hydrogen-bond acceptors (Lipinski definition) is 7. The monoisotopic (exact) mass is 341 g/mol. The van der Waals surface area contributed by atoms with Crippen molar-refractivity contribution in [2.24, 2.45) is 0 Å². The van der Waals surface area contributed by atoms with Crippen molar-refractivity contribution in [1.82, 2.24) is 20.3 Å². The number of fused-ring (bicyclic) bond motifs is 1. The first-order valence-corrected chi connectivity index (χ1v) is 8.17. The number of aromatic nitrogens is 3. The third-order valence-electron chi connectivity index (χ3n) is 4.38. The van der Waals surface area contributed by atoms with Gasteiger partial charge in [0, 0.05) is 5.54 Å². The molecule has 25 heavy (non-hydrogen) atoms. The molecular weight excluding hydrogens is 322 g/mol. The maximum Gasteiger partial charge on any atom is 0.256 e. The summed E-state index contributed by atoms with van der Waals surface area (Å²) in [5.74, 6) is 2.01. The van der Waals surface area contributed by atoms with Gasteiger partial charge in [0.25, 0.3) is 5.91 Å². The summed E-state index contributed by atoms with van der Waals surface area (Å²) in [5.41, 5.74) is 0.859. The van der Waals surface area contributed by atoms with Crippen LogP contribution in [0.3, 0.4) is 0 Å². The van der Waals surface area contributed by atoms with E-state index in [1.165, 1.54) is 6.33 Å². The molecule has 3 aromatic rings. The molecule has 8 nitrogen and oxygen atoms in total. The van der Waals surface area contributed by atoms with Crippen molar-refractivity contribution >= 4 is 22.8 Å². The molecule has 8 heteroatoms. The summed E-state index contributed by atoms with van der Waals surface area (Å²) in [6.07, 6.45) is 5.20. The van der Waals surface area contributed by atoms with Crippen LogP contribution in [0.2, 0.25) is 0 Å². The highest BCUT2D eigenvalue weighted by atomic mass is 16.4. The van der Waals surface area contributed by atoms with E-state index in [-0.39, 0.29) is 18.0 Å². The Morgan fingerprint density at radius 1 is 1.24 bits per heavy atom. The minimum atomic E-state index is -0.272. The lowest BCUT2D eigenvalue weighted by Gasteiger charge is -2.13. The van der Waals surface area contributed by atoms with E-state index in [1.807, 2.05) is 0 Å². The molecule has 1 amide bonds. The Labute approximate surface area is 144 Å². The molecule has 4 rings (SSSR count). The third kappa shape index (κ3) is 2.95. The third-order valence-corrected chi connectivity index (χ3v) is 4.38. The smallest absolute Gasteiger partial charge is 0.256 e. The largest absolute Gasteiger partial charge is 0.444 e. The first-order valence-electron chi connectivity index (χ1n) is 8.17. The van der Waals surface area contributed by atoms with Gasteiger partial charge in [0.2, 0.25) is 11.6 Å². The molecule has 2 N–H and O–H groups in total. The average Bonchev–Trinajstić information content (AvgIpc) is 2.99. The molecular formula is C17H19N5O3. The van der Waals surface area contributed by atoms with E-state index in [0.29, 0.717) is 39.9 Å². The number of nitrogens with zero attached hydrogens (tertiary/aromatic N) is 3. The molecule has 130 valence electrons. The number of rotatable bonds is 5. The number of hydrogen-bond donors (Lipinski definition) is 2. The van der Waals surface area contributed by atoms with Crippen molar-refractivity contribution in [2.45, 2.75) is 45.7 Å². The van der Waals surface area contributed by atoms with Crippen molar-refractivity contribution in [3.63, 3.8) is 0 Å². The number of anilines is 1. The fraction of sp³-hybridized carbons (Fsp3) is 0.412. The Morgan fingerprint density at radius 2 is 2.04 bits per heavy atom. The summed E-state index contributed by atoms with van der Waals surface area (Å²) in [6, 6.07) is 0. The van der Waals surface area contributed by atoms with Gasteiger partial charge in [-0.05, 0) is 33.6 Å². The van der Waals surface area contributed by atoms with Crippen LogP contribution in [-0.4, -0.2) is 26.4 Å². The van der Waals surface area contributed by atoms with Crippen molar-refractivity contribution in [3.8, 4) is 0 Å². The predicted octanol–water partition coefficient (Wildman–Crippen LogP) is 2.72. The minimum Gasteiger partial charge on any atom is -0.444 e. The lowest BCUT2D eigenvalue weighted by molar-refractivity contribution is 0.0947. The van der Waals surface area contributed by atoms with Gasteiger partial charge in [-0.3, -0.25) is 4.79 Å². The molecule has 0 unspecified atom stereocenters. The van der Waals surface area contributed by atoms with Gasteiger partial charge in [-0.25, -0.2) is 15.0 Å². The molecule has 3 aromatic heterocycles. The Kier molecular flexibility index (Phi) is 3.48. The second-order valence-electron chi connectivity index (χ2n) is 6.67. The summed E-state index contributed by atoms with van der Waals surface area (Å²) in [4.78, 5) is 25.3. The molecule has 1 aliphatic carbocycles. The van der Waals surface area contributed by atoms with E-state index < -0.39 is 0 Å². The SMILES string of the molecule is Cc1cnc(CNC(=O)c2c(C)oc3ncnc(NC4(C)CC4)c23)o1. The van der Waals surface area contributed by atoms with Crippen LogP contribution in [0.5, 0.6) is 0 Å². The minimum absolute atomic E-state index is 0.0236. The van der Waals surface area contributed by atoms with Crippen LogP contribution in [0, 0.1) is 13.8 Å². The maximum atomic E-state index is 12.7. The molecule has 1 aliphatic rings. The zero-order valence-corrected chi connectivity index (χ0v) is 14.3. The molecule has 1 fully saturated rings. The first-order chi connectivity index (χ1) is 12.0. The van der Waals surface area contributed by atoms with Crippen molar-refractivity contribution in [2.75, 3.05) is 5.32 Å². The summed E-state index contributed by atoms with van der Waals surface area (Å²) >= 11 is 0. The number of carbonyl (C=O) groups excluding carboxylic acids is 1. The van der Waals surface area contributed by atoms with Crippen LogP contribution in [0.4, 0.5) is 5.82 Å². The Hall–Kier alpha value is -2.90. The molecule has 0 atom stereocenters. The zero-order chi connectivity index (χ0) is 17.6. The molecule has 0 aliphatic heterocycles. The van der Waals surface area contributed by atoms with Gasteiger partial charge in [-0.1, -0.05) is 0 Å². The fourth-order valence-electron chi connectivity index (χ4n) is 2.74. The van der Waals surface area contributed by atoms with Crippen LogP contribution in [0.15, 0.2) is 21.4 Å². The Balaban J connectivity index is 1.65. The van der Waals surface area contributed by atoms with Gasteiger partial charge in [-0.15, -0.1) is 0 Å². The molecule has 0 bridgehead atoms. The summed E-state index contributed by atoms with van der Waals surface area (Å²) in [7, 11) is 0. The Morgan fingerprint density at radius 3 is 2.72 bits per heavy atom. The number of carbonyl (C=O) groups is 1. The Bertz CT molecular complexity index is 955. The standard InChI is InChI=1S/C17H19N5O3/c1-9-6-18-11(24-9)7-19-15(23)12-10(2)25-16-13(12)14(20-8-21-16)22-17(3)4-5-17/h6,8H,4-5,7H2,1-3H3,(H,19,23)(H,20,21,22). The summed E-state index contributed by atoms with van der Waals surface area (Å²) in [5, 5.41) is 6.82. The highest BCUT2D eigenvalue weighted by Gasteiger charge is 2.38. The fourth-order valence-corrected chi connectivity index (χ4v) is 2.74. The highest BCUT2D eigenvalue weighted by molar-refractivity contribution is 6.10. The van der Waals surface area contributed by atoms with Crippen LogP contribution < -0.4 is 10.6 Å². The van der Waals surface area contributed by atoms with Gasteiger partial charge in [-0.2, -0.15) is 0 Å². The van der Waals surface area contributed by atoms with Crippen LogP contribution in [0.1, 0.15) is 47.5 Å². The lowest BCUT2D eigenvalue weighted by Crippen LogP contribution is -2.24. The molecule has 1 saturated carbocycles. The topological polar surface area (TPSA) is 106 Å². The number of furan rings is 1. The molecule has 0 aromatic carbocycles. The van der Waals surface area contributed by atoms with Gasteiger partial charge in [0.05, 0.1) is 23.7 Å². The quantitative estimate of drug-likeness (QED) is 0.735. The summed E-state index contributed by atoms with van der Waals surface area (Å²) < 4.78 is 11.0. The number of nitrogens with one attached hydrogen (secondary N) is 2. The maximum absolute atomic E-state index is 12.7. The highest BCUT2D eigenvalue weighted by Crippen LogP contribution is 2.40. The molecule has 0 radical (unpaired) electrons. The second-order valence-corrected chi connectivity index (χ2v) is 6.67. The van der Waals surface area contributed by atoms with E-state index >= 15 is 0 Å². The van der Waals surface area contributed by atoms with Crippen LogP contribution in [0.25, 0.3) is 11.1 Å². The number of amides is 1. The predicted molar refractivity (Wildman–Crippen MR) is 90.2 cm³/mol. The van der Waals surface area contributed by atoms with Gasteiger partial charge in [0.1, 0.15) is 23.7 Å². The van der Waals surface area contributed by atoms with E-state index in [1.54, 1.807) is 20.0 Å². The van der Waals surface area contributed by atoms with Crippen LogP contribution in [-0.2, 0) is 6.54 Å². The second kappa shape index (κ2) is 5.58. The molecule has 0 saturated heterocycles. The normalized spacial score (nSPS) is 15.3. The van der Waals surface area contributed by atoms with E-state index in [2.05, 4.69) is 32.5 Å². The van der Waals surface area contributed by atoms with Gasteiger partial charge >= 0.3 is 0 Å². The van der Waals surface area contributed by atoms with Crippen molar-refractivity contribution < 1.29 is 13.6 Å². The molecule has 3 heterocycles. The van der Waals surface area contributed by atoms with Gasteiger partial charge < -0.3 is 19.5 Å². The lowest BCUT2D eigenvalue weighted by atomic mass is 10.1. The average molecular weight is 341 g/mol. The summed E-state index contributed by atoms with van der Waals surface area (Å²) in [6.45, 7) is 5.87. The zero-order valence-electron chi connectivity index (χ0n) is 14.3. The van der Waals surface area contributed by atoms with Crippen LogP contribution >= 0.6 is 0 Å². The van der Waals surface area contributed by atoms with Crippen molar-refractivity contribution in [1.29, 1.82) is 0 Å². The number of aryl methyl sites for hydroxylation is 2. The number of oxazole rings is 1. The van der Waals surface area contributed by atoms with E-state index in [4.69, 9.17) is 8.83 Å². The van der Waals surface area contributed by atoms with Crippen molar-refractivity contribution in [3.05, 3.63) is 35.5 Å².